The molecule has 7 heteroatoms. The molecule has 5 nitrogen and oxygen atoms in total. The van der Waals surface area contributed by atoms with Crippen molar-refractivity contribution < 1.29 is 17.5 Å². The van der Waals surface area contributed by atoms with Gasteiger partial charge in [0, 0.05) is 31.6 Å². The van der Waals surface area contributed by atoms with E-state index in [2.05, 4.69) is 9.62 Å². The van der Waals surface area contributed by atoms with Crippen LogP contribution in [-0.2, 0) is 14.8 Å². The predicted molar refractivity (Wildman–Crippen MR) is 101 cm³/mol. The van der Waals surface area contributed by atoms with Crippen LogP contribution in [0.3, 0.4) is 0 Å². The molecule has 1 fully saturated rings. The number of nitrogens with one attached hydrogen (secondary N) is 1. The fraction of sp³-hybridized carbons (Fsp3) is 0.368. The standard InChI is InChI=1S/C19H23FN2O3S/c1-14-12-15(20)5-10-19(14)26(23,24)21-16-6-8-17(9-7-16)22-11-3-4-18(13-22)25-2/h5-10,12,18,21H,3-4,11,13H2,1-2H3. The van der Waals surface area contributed by atoms with Crippen molar-refractivity contribution in [3.63, 3.8) is 0 Å². The molecule has 1 saturated heterocycles. The molecule has 0 spiro atoms. The SMILES string of the molecule is COC1CCCN(c2ccc(NS(=O)(=O)c3ccc(F)cc3C)cc2)C1. The number of hydrogen-bond acceptors (Lipinski definition) is 4. The summed E-state index contributed by atoms with van der Waals surface area (Å²) >= 11 is 0. The fourth-order valence-electron chi connectivity index (χ4n) is 3.23. The van der Waals surface area contributed by atoms with E-state index in [1.54, 1.807) is 26.2 Å². The summed E-state index contributed by atoms with van der Waals surface area (Å²) < 4.78 is 46.3. The van der Waals surface area contributed by atoms with Crippen molar-refractivity contribution >= 4 is 21.4 Å². The molecule has 0 aromatic heterocycles. The number of benzene rings is 2. The highest BCUT2D eigenvalue weighted by Crippen LogP contribution is 2.25. The van der Waals surface area contributed by atoms with E-state index in [0.717, 1.165) is 37.7 Å². The molecule has 140 valence electrons. The highest BCUT2D eigenvalue weighted by atomic mass is 32.2. The number of piperidine rings is 1. The largest absolute Gasteiger partial charge is 0.380 e. The Labute approximate surface area is 153 Å². The van der Waals surface area contributed by atoms with Gasteiger partial charge in [0.05, 0.1) is 11.0 Å². The lowest BCUT2D eigenvalue weighted by atomic mass is 10.1. The molecule has 1 heterocycles. The van der Waals surface area contributed by atoms with Gasteiger partial charge in [-0.3, -0.25) is 4.72 Å². The molecule has 2 aromatic carbocycles. The second kappa shape index (κ2) is 7.63. The van der Waals surface area contributed by atoms with Gasteiger partial charge in [0.1, 0.15) is 5.82 Å². The number of halogens is 1. The topological polar surface area (TPSA) is 58.6 Å². The maximum atomic E-state index is 13.2. The summed E-state index contributed by atoms with van der Waals surface area (Å²) in [6.07, 6.45) is 2.35. The first-order valence-corrected chi connectivity index (χ1v) is 10.0. The van der Waals surface area contributed by atoms with Gasteiger partial charge >= 0.3 is 0 Å². The number of rotatable bonds is 5. The minimum absolute atomic E-state index is 0.0712. The molecule has 2 aromatic rings. The first kappa shape index (κ1) is 18.7. The molecule has 1 N–H and O–H groups in total. The van der Waals surface area contributed by atoms with Crippen LogP contribution in [0.5, 0.6) is 0 Å². The van der Waals surface area contributed by atoms with E-state index in [0.29, 0.717) is 11.3 Å². The van der Waals surface area contributed by atoms with Gasteiger partial charge in [0.15, 0.2) is 0 Å². The first-order valence-electron chi connectivity index (χ1n) is 8.56. The summed E-state index contributed by atoms with van der Waals surface area (Å²) in [7, 11) is -2.04. The number of methoxy groups -OCH3 is 1. The molecule has 0 aliphatic carbocycles. The number of ether oxygens (including phenoxy) is 1. The normalized spacial score (nSPS) is 18.0. The molecule has 1 unspecified atom stereocenters. The lowest BCUT2D eigenvalue weighted by Crippen LogP contribution is -2.39. The summed E-state index contributed by atoms with van der Waals surface area (Å²) in [5.74, 6) is -0.457. The van der Waals surface area contributed by atoms with Gasteiger partial charge in [-0.2, -0.15) is 0 Å². The summed E-state index contributed by atoms with van der Waals surface area (Å²) in [5, 5.41) is 0. The lowest BCUT2D eigenvalue weighted by Gasteiger charge is -2.33. The van der Waals surface area contributed by atoms with Gasteiger partial charge in [0.2, 0.25) is 0 Å². The zero-order chi connectivity index (χ0) is 18.7. The second-order valence-corrected chi connectivity index (χ2v) is 8.16. The molecule has 0 radical (unpaired) electrons. The Hall–Kier alpha value is -2.12. The Morgan fingerprint density at radius 3 is 2.58 bits per heavy atom. The van der Waals surface area contributed by atoms with Gasteiger partial charge in [0.25, 0.3) is 10.0 Å². The smallest absolute Gasteiger partial charge is 0.262 e. The summed E-state index contributed by atoms with van der Waals surface area (Å²) in [6.45, 7) is 3.36. The molecule has 3 rings (SSSR count). The zero-order valence-corrected chi connectivity index (χ0v) is 15.7. The van der Waals surface area contributed by atoms with Crippen LogP contribution in [0.15, 0.2) is 47.4 Å². The third kappa shape index (κ3) is 4.16. The van der Waals surface area contributed by atoms with Crippen molar-refractivity contribution in [2.75, 3.05) is 29.8 Å². The van der Waals surface area contributed by atoms with Crippen molar-refractivity contribution in [1.29, 1.82) is 0 Å². The van der Waals surface area contributed by atoms with Crippen molar-refractivity contribution in [3.8, 4) is 0 Å². The third-order valence-electron chi connectivity index (χ3n) is 4.62. The fourth-order valence-corrected chi connectivity index (χ4v) is 4.52. The molecular weight excluding hydrogens is 355 g/mol. The Morgan fingerprint density at radius 1 is 1.19 bits per heavy atom. The van der Waals surface area contributed by atoms with Gasteiger partial charge in [-0.25, -0.2) is 12.8 Å². The Bertz CT molecular complexity index is 869. The van der Waals surface area contributed by atoms with Crippen LogP contribution >= 0.6 is 0 Å². The van der Waals surface area contributed by atoms with Crippen LogP contribution in [-0.4, -0.2) is 34.7 Å². The Balaban J connectivity index is 1.74. The van der Waals surface area contributed by atoms with E-state index in [-0.39, 0.29) is 11.0 Å². The van der Waals surface area contributed by atoms with Crippen molar-refractivity contribution in [1.82, 2.24) is 0 Å². The number of hydrogen-bond donors (Lipinski definition) is 1. The molecule has 1 aliphatic rings. The minimum Gasteiger partial charge on any atom is -0.380 e. The summed E-state index contributed by atoms with van der Waals surface area (Å²) in [6, 6.07) is 10.9. The van der Waals surface area contributed by atoms with Gasteiger partial charge in [-0.1, -0.05) is 0 Å². The molecule has 1 atom stereocenters. The molecule has 0 saturated carbocycles. The summed E-state index contributed by atoms with van der Waals surface area (Å²) in [4.78, 5) is 2.31. The molecule has 0 bridgehead atoms. The first-order chi connectivity index (χ1) is 12.4. The lowest BCUT2D eigenvalue weighted by molar-refractivity contribution is 0.0893. The summed E-state index contributed by atoms with van der Waals surface area (Å²) in [5.41, 5.74) is 1.87. The van der Waals surface area contributed by atoms with Crippen LogP contribution in [0.25, 0.3) is 0 Å². The predicted octanol–water partition coefficient (Wildman–Crippen LogP) is 3.55. The molecule has 0 amide bonds. The highest BCUT2D eigenvalue weighted by molar-refractivity contribution is 7.92. The van der Waals surface area contributed by atoms with E-state index < -0.39 is 15.8 Å². The van der Waals surface area contributed by atoms with Gasteiger partial charge in [-0.05, 0) is 67.8 Å². The third-order valence-corrected chi connectivity index (χ3v) is 6.16. The van der Waals surface area contributed by atoms with Crippen LogP contribution in [0.4, 0.5) is 15.8 Å². The number of aryl methyl sites for hydroxylation is 1. The highest BCUT2D eigenvalue weighted by Gasteiger charge is 2.20. The van der Waals surface area contributed by atoms with Crippen molar-refractivity contribution in [3.05, 3.63) is 53.8 Å². The number of anilines is 2. The Morgan fingerprint density at radius 2 is 1.92 bits per heavy atom. The van der Waals surface area contributed by atoms with E-state index in [1.165, 1.54) is 12.1 Å². The van der Waals surface area contributed by atoms with Gasteiger partial charge < -0.3 is 9.64 Å². The van der Waals surface area contributed by atoms with Crippen molar-refractivity contribution in [2.45, 2.75) is 30.8 Å². The van der Waals surface area contributed by atoms with E-state index >= 15 is 0 Å². The monoisotopic (exact) mass is 378 g/mol. The number of sulfonamides is 1. The minimum atomic E-state index is -3.76. The quantitative estimate of drug-likeness (QED) is 0.864. The van der Waals surface area contributed by atoms with E-state index in [1.807, 2.05) is 12.1 Å². The second-order valence-electron chi connectivity index (χ2n) is 6.51. The van der Waals surface area contributed by atoms with Crippen LogP contribution in [0.1, 0.15) is 18.4 Å². The maximum absolute atomic E-state index is 13.2. The van der Waals surface area contributed by atoms with Crippen LogP contribution in [0, 0.1) is 12.7 Å². The molecular formula is C19H23FN2O3S. The van der Waals surface area contributed by atoms with Gasteiger partial charge in [-0.15, -0.1) is 0 Å². The van der Waals surface area contributed by atoms with E-state index in [9.17, 15) is 12.8 Å². The maximum Gasteiger partial charge on any atom is 0.262 e. The van der Waals surface area contributed by atoms with Crippen LogP contribution in [0.2, 0.25) is 0 Å². The average Bonchev–Trinajstić information content (AvgIpc) is 2.61. The number of nitrogens with zero attached hydrogens (tertiary/aromatic N) is 1. The van der Waals surface area contributed by atoms with E-state index in [4.69, 9.17) is 4.74 Å². The molecule has 1 aliphatic heterocycles. The average molecular weight is 378 g/mol. The van der Waals surface area contributed by atoms with Crippen molar-refractivity contribution in [2.24, 2.45) is 0 Å². The molecule has 26 heavy (non-hydrogen) atoms. The zero-order valence-electron chi connectivity index (χ0n) is 14.9. The van der Waals surface area contributed by atoms with Crippen LogP contribution < -0.4 is 9.62 Å². The Kier molecular flexibility index (Phi) is 5.48.